The van der Waals surface area contributed by atoms with Crippen LogP contribution in [0.1, 0.15) is 24.1 Å². The van der Waals surface area contributed by atoms with Gasteiger partial charge in [0.1, 0.15) is 13.2 Å². The Morgan fingerprint density at radius 3 is 2.57 bits per heavy atom. The second-order valence-electron chi connectivity index (χ2n) is 8.12. The normalized spacial score (nSPS) is 26.3. The molecule has 28 heavy (non-hydrogen) atoms. The van der Waals surface area contributed by atoms with Crippen LogP contribution in [-0.2, 0) is 11.3 Å². The van der Waals surface area contributed by atoms with E-state index >= 15 is 0 Å². The van der Waals surface area contributed by atoms with Crippen molar-refractivity contribution in [2.24, 2.45) is 11.8 Å². The van der Waals surface area contributed by atoms with Crippen LogP contribution in [0.15, 0.2) is 48.5 Å². The summed E-state index contributed by atoms with van der Waals surface area (Å²) >= 11 is 0. The van der Waals surface area contributed by atoms with Gasteiger partial charge in [-0.15, -0.1) is 0 Å². The van der Waals surface area contributed by atoms with E-state index in [-0.39, 0.29) is 11.9 Å². The van der Waals surface area contributed by atoms with Crippen LogP contribution >= 0.6 is 0 Å². The van der Waals surface area contributed by atoms with Gasteiger partial charge in [0.2, 0.25) is 5.91 Å². The molecule has 2 aromatic rings. The number of ether oxygens (including phenoxy) is 2. The number of carbonyl (C=O) groups is 1. The lowest BCUT2D eigenvalue weighted by atomic mass is 9.89. The SMILES string of the molecule is CC(=O)N1C[C@H]2CN(Cc3ccc4c(c3)OCCO4)C[C@H]2[C@@H]1c1ccccc1. The molecule has 5 nitrogen and oxygen atoms in total. The third kappa shape index (κ3) is 3.14. The van der Waals surface area contributed by atoms with Crippen LogP contribution in [-0.4, -0.2) is 48.6 Å². The number of hydrogen-bond donors (Lipinski definition) is 0. The maximum absolute atomic E-state index is 12.3. The molecular formula is C23H26N2O3. The highest BCUT2D eigenvalue weighted by molar-refractivity contribution is 5.74. The molecule has 3 atom stereocenters. The predicted octanol–water partition coefficient (Wildman–Crippen LogP) is 3.11. The molecule has 0 aromatic heterocycles. The summed E-state index contributed by atoms with van der Waals surface area (Å²) in [4.78, 5) is 16.9. The Kier molecular flexibility index (Phi) is 4.47. The summed E-state index contributed by atoms with van der Waals surface area (Å²) in [5.41, 5.74) is 2.51. The molecule has 2 aromatic carbocycles. The first-order chi connectivity index (χ1) is 13.7. The first-order valence-electron chi connectivity index (χ1n) is 10.1. The number of hydrogen-bond acceptors (Lipinski definition) is 4. The van der Waals surface area contributed by atoms with Crippen molar-refractivity contribution in [1.82, 2.24) is 9.80 Å². The highest BCUT2D eigenvalue weighted by atomic mass is 16.6. The maximum atomic E-state index is 12.3. The van der Waals surface area contributed by atoms with Crippen molar-refractivity contribution in [2.75, 3.05) is 32.8 Å². The quantitative estimate of drug-likeness (QED) is 0.823. The Bertz CT molecular complexity index is 869. The Hall–Kier alpha value is -2.53. The van der Waals surface area contributed by atoms with Crippen molar-refractivity contribution in [3.05, 3.63) is 59.7 Å². The number of nitrogens with zero attached hydrogens (tertiary/aromatic N) is 2. The molecule has 0 N–H and O–H groups in total. The summed E-state index contributed by atoms with van der Waals surface area (Å²) in [6, 6.07) is 17.0. The lowest BCUT2D eigenvalue weighted by Gasteiger charge is -2.29. The van der Waals surface area contributed by atoms with Gasteiger partial charge in [0.25, 0.3) is 0 Å². The van der Waals surface area contributed by atoms with Gasteiger partial charge in [-0.05, 0) is 29.2 Å². The largest absolute Gasteiger partial charge is 0.486 e. The van der Waals surface area contributed by atoms with E-state index in [1.807, 2.05) is 12.1 Å². The second kappa shape index (κ2) is 7.13. The predicted molar refractivity (Wildman–Crippen MR) is 106 cm³/mol. The standard InChI is InChI=1S/C23H26N2O3/c1-16(26)25-14-19-13-24(15-20(19)23(25)18-5-3-2-4-6-18)12-17-7-8-21-22(11-17)28-10-9-27-21/h2-8,11,19-20,23H,9-10,12-15H2,1H3/t19-,20-,23+/m1/s1. The lowest BCUT2D eigenvalue weighted by Crippen LogP contribution is -2.34. The zero-order valence-corrected chi connectivity index (χ0v) is 16.2. The first kappa shape index (κ1) is 17.6. The van der Waals surface area contributed by atoms with Crippen LogP contribution in [0, 0.1) is 11.8 Å². The van der Waals surface area contributed by atoms with Gasteiger partial charge in [-0.2, -0.15) is 0 Å². The highest BCUT2D eigenvalue weighted by Gasteiger charge is 2.48. The number of benzene rings is 2. The Morgan fingerprint density at radius 2 is 1.79 bits per heavy atom. The number of fused-ring (bicyclic) bond motifs is 2. The van der Waals surface area contributed by atoms with Crippen molar-refractivity contribution in [1.29, 1.82) is 0 Å². The average molecular weight is 378 g/mol. The molecule has 0 radical (unpaired) electrons. The van der Waals surface area contributed by atoms with Crippen LogP contribution in [0.25, 0.3) is 0 Å². The first-order valence-corrected chi connectivity index (χ1v) is 10.1. The van der Waals surface area contributed by atoms with E-state index < -0.39 is 0 Å². The van der Waals surface area contributed by atoms with Crippen molar-refractivity contribution in [3.63, 3.8) is 0 Å². The highest BCUT2D eigenvalue weighted by Crippen LogP contribution is 2.45. The Balaban J connectivity index is 1.33. The van der Waals surface area contributed by atoms with Crippen molar-refractivity contribution in [2.45, 2.75) is 19.5 Å². The Labute approximate surface area is 165 Å². The molecule has 5 rings (SSSR count). The van der Waals surface area contributed by atoms with Gasteiger partial charge in [0.05, 0.1) is 6.04 Å². The minimum absolute atomic E-state index is 0.182. The maximum Gasteiger partial charge on any atom is 0.219 e. The minimum Gasteiger partial charge on any atom is -0.486 e. The number of likely N-dealkylation sites (tertiary alicyclic amines) is 2. The van der Waals surface area contributed by atoms with Gasteiger partial charge >= 0.3 is 0 Å². The van der Waals surface area contributed by atoms with Crippen LogP contribution in [0.3, 0.4) is 0 Å². The molecule has 0 aliphatic carbocycles. The molecule has 1 amide bonds. The molecule has 5 heteroatoms. The lowest BCUT2D eigenvalue weighted by molar-refractivity contribution is -0.130. The zero-order valence-electron chi connectivity index (χ0n) is 16.2. The van der Waals surface area contributed by atoms with Gasteiger partial charge in [-0.1, -0.05) is 36.4 Å². The fourth-order valence-corrected chi connectivity index (χ4v) is 5.11. The summed E-state index contributed by atoms with van der Waals surface area (Å²) < 4.78 is 11.4. The van der Waals surface area contributed by atoms with Crippen molar-refractivity contribution >= 4 is 5.91 Å². The fourth-order valence-electron chi connectivity index (χ4n) is 5.11. The van der Waals surface area contributed by atoms with Gasteiger partial charge in [-0.3, -0.25) is 9.69 Å². The molecule has 3 heterocycles. The van der Waals surface area contributed by atoms with Crippen molar-refractivity contribution < 1.29 is 14.3 Å². The van der Waals surface area contributed by atoms with Crippen LogP contribution in [0.4, 0.5) is 0 Å². The summed E-state index contributed by atoms with van der Waals surface area (Å²) in [7, 11) is 0. The van der Waals surface area contributed by atoms with E-state index in [1.165, 1.54) is 11.1 Å². The van der Waals surface area contributed by atoms with Gasteiger partial charge in [0.15, 0.2) is 11.5 Å². The average Bonchev–Trinajstić information content (AvgIpc) is 3.26. The summed E-state index contributed by atoms with van der Waals surface area (Å²) in [6.07, 6.45) is 0. The van der Waals surface area contributed by atoms with E-state index in [9.17, 15) is 4.79 Å². The molecule has 0 saturated carbocycles. The van der Waals surface area contributed by atoms with Gasteiger partial charge in [-0.25, -0.2) is 0 Å². The summed E-state index contributed by atoms with van der Waals surface area (Å²) in [6.45, 7) is 6.75. The van der Waals surface area contributed by atoms with Gasteiger partial charge in [0, 0.05) is 39.0 Å². The fraction of sp³-hybridized carbons (Fsp3) is 0.435. The summed E-state index contributed by atoms with van der Waals surface area (Å²) in [5, 5.41) is 0. The second-order valence-corrected chi connectivity index (χ2v) is 8.12. The number of carbonyl (C=O) groups excluding carboxylic acids is 1. The third-order valence-electron chi connectivity index (χ3n) is 6.30. The Morgan fingerprint density at radius 1 is 1.00 bits per heavy atom. The molecule has 146 valence electrons. The molecule has 3 aliphatic rings. The number of rotatable bonds is 3. The van der Waals surface area contributed by atoms with E-state index in [2.05, 4.69) is 46.2 Å². The summed E-state index contributed by atoms with van der Waals surface area (Å²) in [5.74, 6) is 2.90. The monoisotopic (exact) mass is 378 g/mol. The van der Waals surface area contributed by atoms with Gasteiger partial charge < -0.3 is 14.4 Å². The molecule has 0 bridgehead atoms. The topological polar surface area (TPSA) is 42.0 Å². The van der Waals surface area contributed by atoms with Crippen LogP contribution in [0.5, 0.6) is 11.5 Å². The van der Waals surface area contributed by atoms with Crippen LogP contribution in [0.2, 0.25) is 0 Å². The number of amides is 1. The van der Waals surface area contributed by atoms with Crippen molar-refractivity contribution in [3.8, 4) is 11.5 Å². The molecule has 0 spiro atoms. The van der Waals surface area contributed by atoms with E-state index in [0.29, 0.717) is 25.0 Å². The molecule has 0 unspecified atom stereocenters. The smallest absolute Gasteiger partial charge is 0.219 e. The minimum atomic E-state index is 0.182. The molecule has 3 aliphatic heterocycles. The van der Waals surface area contributed by atoms with E-state index in [4.69, 9.17) is 9.47 Å². The van der Waals surface area contributed by atoms with E-state index in [0.717, 1.165) is 37.7 Å². The van der Waals surface area contributed by atoms with Crippen LogP contribution < -0.4 is 9.47 Å². The third-order valence-corrected chi connectivity index (χ3v) is 6.30. The molecular weight excluding hydrogens is 352 g/mol. The van der Waals surface area contributed by atoms with E-state index in [1.54, 1.807) is 6.92 Å². The molecule has 2 fully saturated rings. The zero-order chi connectivity index (χ0) is 19.1. The molecule has 2 saturated heterocycles.